The van der Waals surface area contributed by atoms with Gasteiger partial charge in [0.05, 0.1) is 23.3 Å². The molecule has 2 aromatic rings. The van der Waals surface area contributed by atoms with Gasteiger partial charge in [-0.25, -0.2) is 0 Å². The summed E-state index contributed by atoms with van der Waals surface area (Å²) < 4.78 is 11.5. The van der Waals surface area contributed by atoms with Gasteiger partial charge in [-0.05, 0) is 42.7 Å². The Morgan fingerprint density at radius 3 is 2.54 bits per heavy atom. The maximum absolute atomic E-state index is 13.1. The van der Waals surface area contributed by atoms with Gasteiger partial charge in [-0.1, -0.05) is 47.5 Å². The number of carbonyl (C=O) groups is 1. The molecule has 2 aliphatic rings. The van der Waals surface area contributed by atoms with Crippen molar-refractivity contribution in [1.29, 1.82) is 0 Å². The summed E-state index contributed by atoms with van der Waals surface area (Å²) in [7, 11) is 0. The highest BCUT2D eigenvalue weighted by Gasteiger charge is 2.42. The average molecular weight is 420 g/mol. The van der Waals surface area contributed by atoms with Crippen LogP contribution in [0.3, 0.4) is 0 Å². The van der Waals surface area contributed by atoms with Crippen LogP contribution in [0.4, 0.5) is 0 Å². The molecule has 1 atom stereocenters. The molecule has 2 fully saturated rings. The second-order valence-corrected chi connectivity index (χ2v) is 8.30. The summed E-state index contributed by atoms with van der Waals surface area (Å²) in [6.45, 7) is 2.55. The number of carbonyl (C=O) groups excluding carboxylic acids is 1. The number of hydrogen-bond acceptors (Lipinski definition) is 3. The monoisotopic (exact) mass is 419 g/mol. The Morgan fingerprint density at radius 1 is 1.07 bits per heavy atom. The third-order valence-electron chi connectivity index (χ3n) is 5.67. The molecular formula is C22H23Cl2NO3. The fourth-order valence-corrected chi connectivity index (χ4v) is 4.56. The van der Waals surface area contributed by atoms with Crippen LogP contribution in [0.5, 0.6) is 0 Å². The highest BCUT2D eigenvalue weighted by atomic mass is 35.5. The van der Waals surface area contributed by atoms with E-state index in [4.69, 9.17) is 32.7 Å². The molecule has 4 rings (SSSR count). The number of halogens is 2. The SMILES string of the molecule is O=C(c1ccccc1)N1CCCC(CC2OCCO2)(c2ccc(Cl)c(Cl)c2)C1. The van der Waals surface area contributed by atoms with E-state index in [1.54, 1.807) is 0 Å². The largest absolute Gasteiger partial charge is 0.350 e. The van der Waals surface area contributed by atoms with Crippen molar-refractivity contribution in [3.63, 3.8) is 0 Å². The molecule has 0 radical (unpaired) electrons. The van der Waals surface area contributed by atoms with Gasteiger partial charge in [0.2, 0.25) is 0 Å². The van der Waals surface area contributed by atoms with E-state index >= 15 is 0 Å². The van der Waals surface area contributed by atoms with Crippen LogP contribution in [0.2, 0.25) is 10.0 Å². The number of ether oxygens (including phenoxy) is 2. The Labute approximate surface area is 175 Å². The molecule has 148 valence electrons. The lowest BCUT2D eigenvalue weighted by Gasteiger charge is -2.44. The van der Waals surface area contributed by atoms with E-state index in [0.29, 0.717) is 41.8 Å². The molecule has 0 N–H and O–H groups in total. The van der Waals surface area contributed by atoms with Gasteiger partial charge in [-0.15, -0.1) is 0 Å². The van der Waals surface area contributed by atoms with Gasteiger partial charge in [0.1, 0.15) is 0 Å². The molecular weight excluding hydrogens is 397 g/mol. The lowest BCUT2D eigenvalue weighted by atomic mass is 9.71. The molecule has 2 aromatic carbocycles. The summed E-state index contributed by atoms with van der Waals surface area (Å²) in [5, 5.41) is 1.06. The number of amides is 1. The number of nitrogens with zero attached hydrogens (tertiary/aromatic N) is 1. The predicted octanol–water partition coefficient (Wildman–Crippen LogP) is 4.93. The van der Waals surface area contributed by atoms with Crippen LogP contribution in [-0.2, 0) is 14.9 Å². The smallest absolute Gasteiger partial charge is 0.253 e. The molecule has 1 amide bonds. The quantitative estimate of drug-likeness (QED) is 0.704. The summed E-state index contributed by atoms with van der Waals surface area (Å²) in [5.41, 5.74) is 1.50. The molecule has 2 heterocycles. The zero-order valence-electron chi connectivity index (χ0n) is 15.6. The maximum atomic E-state index is 13.1. The highest BCUT2D eigenvalue weighted by Crippen LogP contribution is 2.41. The van der Waals surface area contributed by atoms with Gasteiger partial charge in [0, 0.05) is 30.5 Å². The van der Waals surface area contributed by atoms with Crippen LogP contribution in [-0.4, -0.2) is 43.4 Å². The Balaban J connectivity index is 1.66. The number of likely N-dealkylation sites (tertiary alicyclic amines) is 1. The van der Waals surface area contributed by atoms with E-state index in [-0.39, 0.29) is 17.6 Å². The van der Waals surface area contributed by atoms with Crippen molar-refractivity contribution in [2.75, 3.05) is 26.3 Å². The second kappa shape index (κ2) is 8.42. The number of hydrogen-bond donors (Lipinski definition) is 0. The van der Waals surface area contributed by atoms with Crippen LogP contribution in [0.15, 0.2) is 48.5 Å². The minimum absolute atomic E-state index is 0.0537. The molecule has 0 aromatic heterocycles. The molecule has 0 aliphatic carbocycles. The van der Waals surface area contributed by atoms with Crippen LogP contribution in [0.25, 0.3) is 0 Å². The first-order chi connectivity index (χ1) is 13.6. The first kappa shape index (κ1) is 19.7. The Hall–Kier alpha value is -1.59. The van der Waals surface area contributed by atoms with E-state index in [1.165, 1.54) is 0 Å². The average Bonchev–Trinajstić information content (AvgIpc) is 3.23. The predicted molar refractivity (Wildman–Crippen MR) is 110 cm³/mol. The molecule has 0 spiro atoms. The fourth-order valence-electron chi connectivity index (χ4n) is 4.26. The Bertz CT molecular complexity index is 839. The third-order valence-corrected chi connectivity index (χ3v) is 6.40. The summed E-state index contributed by atoms with van der Waals surface area (Å²) in [6.07, 6.45) is 2.27. The fraction of sp³-hybridized carbons (Fsp3) is 0.409. The Kier molecular flexibility index (Phi) is 5.93. The zero-order valence-corrected chi connectivity index (χ0v) is 17.1. The van der Waals surface area contributed by atoms with Crippen LogP contribution >= 0.6 is 23.2 Å². The molecule has 1 unspecified atom stereocenters. The first-order valence-electron chi connectivity index (χ1n) is 9.60. The van der Waals surface area contributed by atoms with Crippen molar-refractivity contribution in [2.24, 2.45) is 0 Å². The topological polar surface area (TPSA) is 38.8 Å². The van der Waals surface area contributed by atoms with E-state index in [0.717, 1.165) is 24.9 Å². The minimum atomic E-state index is -0.286. The van der Waals surface area contributed by atoms with E-state index < -0.39 is 0 Å². The highest BCUT2D eigenvalue weighted by molar-refractivity contribution is 6.42. The first-order valence-corrected chi connectivity index (χ1v) is 10.4. The van der Waals surface area contributed by atoms with Crippen molar-refractivity contribution in [3.8, 4) is 0 Å². The summed E-state index contributed by atoms with van der Waals surface area (Å²) in [4.78, 5) is 15.0. The molecule has 28 heavy (non-hydrogen) atoms. The molecule has 0 bridgehead atoms. The van der Waals surface area contributed by atoms with Crippen LogP contribution in [0.1, 0.15) is 35.2 Å². The van der Waals surface area contributed by atoms with Crippen molar-refractivity contribution in [3.05, 3.63) is 69.7 Å². The van der Waals surface area contributed by atoms with Crippen molar-refractivity contribution >= 4 is 29.1 Å². The van der Waals surface area contributed by atoms with E-state index in [9.17, 15) is 4.79 Å². The molecule has 6 heteroatoms. The number of benzene rings is 2. The number of rotatable bonds is 4. The molecule has 2 aliphatic heterocycles. The third kappa shape index (κ3) is 4.06. The normalized spacial score (nSPS) is 23.1. The van der Waals surface area contributed by atoms with Crippen molar-refractivity contribution in [1.82, 2.24) is 4.90 Å². The number of piperidine rings is 1. The molecule has 4 nitrogen and oxygen atoms in total. The van der Waals surface area contributed by atoms with Gasteiger partial charge in [0.25, 0.3) is 5.91 Å². The Morgan fingerprint density at radius 2 is 1.82 bits per heavy atom. The molecule has 2 saturated heterocycles. The van der Waals surface area contributed by atoms with Crippen molar-refractivity contribution in [2.45, 2.75) is 31.0 Å². The zero-order chi connectivity index (χ0) is 19.6. The minimum Gasteiger partial charge on any atom is -0.350 e. The maximum Gasteiger partial charge on any atom is 0.253 e. The van der Waals surface area contributed by atoms with E-state index in [1.807, 2.05) is 53.4 Å². The van der Waals surface area contributed by atoms with Crippen molar-refractivity contribution < 1.29 is 14.3 Å². The van der Waals surface area contributed by atoms with Gasteiger partial charge in [0.15, 0.2) is 6.29 Å². The van der Waals surface area contributed by atoms with Gasteiger partial charge in [-0.3, -0.25) is 4.79 Å². The lowest BCUT2D eigenvalue weighted by molar-refractivity contribution is -0.0682. The summed E-state index contributed by atoms with van der Waals surface area (Å²) in [5.74, 6) is 0.0537. The lowest BCUT2D eigenvalue weighted by Crippen LogP contribution is -2.50. The standard InChI is InChI=1S/C22H23Cl2NO3/c23-18-8-7-17(13-19(18)24)22(14-20-27-11-12-28-20)9-4-10-25(15-22)21(26)16-5-2-1-3-6-16/h1-3,5-8,13,20H,4,9-12,14-15H2. The van der Waals surface area contributed by atoms with E-state index in [2.05, 4.69) is 0 Å². The van der Waals surface area contributed by atoms with Gasteiger partial charge < -0.3 is 14.4 Å². The van der Waals surface area contributed by atoms with Gasteiger partial charge in [-0.2, -0.15) is 0 Å². The summed E-state index contributed by atoms with van der Waals surface area (Å²) >= 11 is 12.5. The second-order valence-electron chi connectivity index (χ2n) is 7.48. The summed E-state index contributed by atoms with van der Waals surface area (Å²) in [6, 6.07) is 15.2. The van der Waals surface area contributed by atoms with Crippen LogP contribution in [0, 0.1) is 0 Å². The molecule has 0 saturated carbocycles. The van der Waals surface area contributed by atoms with Crippen LogP contribution < -0.4 is 0 Å². The van der Waals surface area contributed by atoms with Gasteiger partial charge >= 0.3 is 0 Å².